The van der Waals surface area contributed by atoms with E-state index in [0.29, 0.717) is 23.2 Å². The summed E-state index contributed by atoms with van der Waals surface area (Å²) in [5.41, 5.74) is 0.448. The molecule has 2 aliphatic heterocycles. The monoisotopic (exact) mass is 204 g/mol. The van der Waals surface area contributed by atoms with Crippen LogP contribution in [-0.2, 0) is 9.53 Å². The molecule has 0 aromatic rings. The lowest BCUT2D eigenvalue weighted by molar-refractivity contribution is -0.139. The summed E-state index contributed by atoms with van der Waals surface area (Å²) in [6.07, 6.45) is 8.79. The van der Waals surface area contributed by atoms with E-state index < -0.39 is 0 Å². The maximum absolute atomic E-state index is 11.5. The van der Waals surface area contributed by atoms with Gasteiger partial charge in [-0.25, -0.2) is 0 Å². The summed E-state index contributed by atoms with van der Waals surface area (Å²) < 4.78 is 6.17. The Morgan fingerprint density at radius 3 is 3.20 bits per heavy atom. The van der Waals surface area contributed by atoms with Crippen LogP contribution >= 0.6 is 0 Å². The summed E-state index contributed by atoms with van der Waals surface area (Å²) in [4.78, 5) is 11.5. The number of allylic oxidation sites excluding steroid dienone is 2. The molecule has 4 bridgehead atoms. The molecule has 2 heterocycles. The third-order valence-electron chi connectivity index (χ3n) is 5.08. The number of carbonyl (C=O) groups excluding carboxylic acids is 1. The largest absolute Gasteiger partial charge is 0.371 e. The number of ether oxygens (including phenoxy) is 1. The van der Waals surface area contributed by atoms with Crippen LogP contribution in [0, 0.1) is 17.3 Å². The fourth-order valence-electron chi connectivity index (χ4n) is 4.84. The SMILES string of the molecule is CC12CC3CC4(C=CC(=O)CC4C3O1)C2. The van der Waals surface area contributed by atoms with Gasteiger partial charge in [-0.05, 0) is 43.6 Å². The number of rotatable bonds is 0. The normalized spacial score (nSPS) is 60.1. The first-order valence-electron chi connectivity index (χ1n) is 6.00. The van der Waals surface area contributed by atoms with Gasteiger partial charge in [0.05, 0.1) is 11.7 Å². The van der Waals surface area contributed by atoms with Crippen LogP contribution in [0.2, 0.25) is 0 Å². The van der Waals surface area contributed by atoms with E-state index in [0.717, 1.165) is 18.8 Å². The van der Waals surface area contributed by atoms with Crippen LogP contribution in [-0.4, -0.2) is 17.5 Å². The van der Waals surface area contributed by atoms with Crippen molar-refractivity contribution in [3.05, 3.63) is 12.2 Å². The molecule has 5 rings (SSSR count). The summed E-state index contributed by atoms with van der Waals surface area (Å²) in [5.74, 6) is 1.52. The smallest absolute Gasteiger partial charge is 0.155 e. The molecule has 0 radical (unpaired) electrons. The molecule has 0 amide bonds. The highest BCUT2D eigenvalue weighted by atomic mass is 16.5. The van der Waals surface area contributed by atoms with Gasteiger partial charge in [0.2, 0.25) is 0 Å². The molecular weight excluding hydrogens is 188 g/mol. The van der Waals surface area contributed by atoms with Gasteiger partial charge in [-0.2, -0.15) is 0 Å². The Bertz CT molecular complexity index is 386. The molecule has 0 aromatic heterocycles. The summed E-state index contributed by atoms with van der Waals surface area (Å²) in [7, 11) is 0. The van der Waals surface area contributed by atoms with Crippen LogP contribution in [0.5, 0.6) is 0 Å². The molecule has 0 aromatic carbocycles. The molecule has 5 aliphatic rings. The van der Waals surface area contributed by atoms with Crippen LogP contribution in [0.15, 0.2) is 12.2 Å². The minimum Gasteiger partial charge on any atom is -0.371 e. The van der Waals surface area contributed by atoms with Crippen molar-refractivity contribution in [1.29, 1.82) is 0 Å². The highest BCUT2D eigenvalue weighted by Crippen LogP contribution is 2.67. The second kappa shape index (κ2) is 2.22. The van der Waals surface area contributed by atoms with Gasteiger partial charge in [0.1, 0.15) is 0 Å². The molecule has 5 unspecified atom stereocenters. The second-order valence-electron chi connectivity index (χ2n) is 6.22. The molecule has 4 fully saturated rings. The van der Waals surface area contributed by atoms with E-state index in [1.165, 1.54) is 12.8 Å². The zero-order valence-corrected chi connectivity index (χ0v) is 9.03. The summed E-state index contributed by atoms with van der Waals surface area (Å²) in [6, 6.07) is 0. The highest BCUT2D eigenvalue weighted by molar-refractivity contribution is 5.91. The Morgan fingerprint density at radius 2 is 2.33 bits per heavy atom. The predicted molar refractivity (Wildman–Crippen MR) is 55.3 cm³/mol. The zero-order chi connectivity index (χ0) is 10.3. The van der Waals surface area contributed by atoms with E-state index in [1.807, 2.05) is 6.08 Å². The van der Waals surface area contributed by atoms with E-state index in [9.17, 15) is 4.79 Å². The summed E-state index contributed by atoms with van der Waals surface area (Å²) in [6.45, 7) is 2.25. The van der Waals surface area contributed by atoms with Gasteiger partial charge < -0.3 is 4.74 Å². The van der Waals surface area contributed by atoms with Gasteiger partial charge in [-0.3, -0.25) is 4.79 Å². The topological polar surface area (TPSA) is 26.3 Å². The van der Waals surface area contributed by atoms with E-state index in [-0.39, 0.29) is 5.60 Å². The minimum atomic E-state index is 0.120. The average Bonchev–Trinajstić information content (AvgIpc) is 2.51. The second-order valence-corrected chi connectivity index (χ2v) is 6.22. The first kappa shape index (κ1) is 8.51. The molecule has 2 heteroatoms. The van der Waals surface area contributed by atoms with Gasteiger partial charge >= 0.3 is 0 Å². The fraction of sp³-hybridized carbons (Fsp3) is 0.769. The molecule has 3 aliphatic carbocycles. The third kappa shape index (κ3) is 0.878. The Kier molecular flexibility index (Phi) is 1.26. The van der Waals surface area contributed by atoms with Crippen LogP contribution in [0.3, 0.4) is 0 Å². The lowest BCUT2D eigenvalue weighted by atomic mass is 9.63. The quantitative estimate of drug-likeness (QED) is 0.604. The molecule has 0 N–H and O–H groups in total. The minimum absolute atomic E-state index is 0.120. The summed E-state index contributed by atoms with van der Waals surface area (Å²) >= 11 is 0. The van der Waals surface area contributed by atoms with Crippen molar-refractivity contribution in [2.45, 2.75) is 44.3 Å². The van der Waals surface area contributed by atoms with E-state index in [4.69, 9.17) is 4.74 Å². The number of carbonyl (C=O) groups is 1. The molecule has 5 atom stereocenters. The highest BCUT2D eigenvalue weighted by Gasteiger charge is 2.66. The Labute approximate surface area is 89.7 Å². The van der Waals surface area contributed by atoms with Crippen LogP contribution < -0.4 is 0 Å². The fourth-order valence-corrected chi connectivity index (χ4v) is 4.84. The maximum Gasteiger partial charge on any atom is 0.155 e. The molecule has 2 saturated carbocycles. The van der Waals surface area contributed by atoms with E-state index in [1.54, 1.807) is 0 Å². The number of hydrogen-bond donors (Lipinski definition) is 0. The molecule has 2 saturated heterocycles. The third-order valence-corrected chi connectivity index (χ3v) is 5.08. The molecule has 1 spiro atoms. The standard InChI is InChI=1S/C13H16O2/c1-12-5-8-6-13(7-12)3-2-9(14)4-10(13)11(8)15-12/h2-3,8,10-11H,4-7H2,1H3. The van der Waals surface area contributed by atoms with E-state index in [2.05, 4.69) is 13.0 Å². The lowest BCUT2D eigenvalue weighted by Crippen LogP contribution is -2.47. The van der Waals surface area contributed by atoms with Crippen molar-refractivity contribution in [1.82, 2.24) is 0 Å². The van der Waals surface area contributed by atoms with E-state index >= 15 is 0 Å². The predicted octanol–water partition coefficient (Wildman–Crippen LogP) is 2.09. The Morgan fingerprint density at radius 1 is 1.47 bits per heavy atom. The number of hydrogen-bond acceptors (Lipinski definition) is 2. The molecule has 15 heavy (non-hydrogen) atoms. The van der Waals surface area contributed by atoms with Gasteiger partial charge in [-0.15, -0.1) is 0 Å². The van der Waals surface area contributed by atoms with Gasteiger partial charge in [0.15, 0.2) is 5.78 Å². The van der Waals surface area contributed by atoms with Crippen LogP contribution in [0.4, 0.5) is 0 Å². The van der Waals surface area contributed by atoms with Crippen LogP contribution in [0.1, 0.15) is 32.6 Å². The van der Waals surface area contributed by atoms with Crippen molar-refractivity contribution >= 4 is 5.78 Å². The van der Waals surface area contributed by atoms with Gasteiger partial charge in [0, 0.05) is 12.3 Å². The van der Waals surface area contributed by atoms with Gasteiger partial charge in [-0.1, -0.05) is 6.08 Å². The van der Waals surface area contributed by atoms with Crippen molar-refractivity contribution in [2.75, 3.05) is 0 Å². The van der Waals surface area contributed by atoms with Crippen molar-refractivity contribution < 1.29 is 9.53 Å². The van der Waals surface area contributed by atoms with Crippen LogP contribution in [0.25, 0.3) is 0 Å². The zero-order valence-electron chi connectivity index (χ0n) is 9.03. The van der Waals surface area contributed by atoms with Crippen molar-refractivity contribution in [2.24, 2.45) is 17.3 Å². The van der Waals surface area contributed by atoms with Gasteiger partial charge in [0.25, 0.3) is 0 Å². The van der Waals surface area contributed by atoms with Crippen molar-refractivity contribution in [3.63, 3.8) is 0 Å². The molecule has 2 nitrogen and oxygen atoms in total. The average molecular weight is 204 g/mol. The lowest BCUT2D eigenvalue weighted by Gasteiger charge is -2.48. The Balaban J connectivity index is 1.85. The maximum atomic E-state index is 11.5. The molecular formula is C13H16O2. The number of ketones is 1. The van der Waals surface area contributed by atoms with Crippen molar-refractivity contribution in [3.8, 4) is 0 Å². The summed E-state index contributed by atoms with van der Waals surface area (Å²) in [5, 5.41) is 0. The first-order valence-corrected chi connectivity index (χ1v) is 6.00. The Hall–Kier alpha value is -0.630. The first-order chi connectivity index (χ1) is 7.10. The molecule has 80 valence electrons.